The van der Waals surface area contributed by atoms with E-state index >= 15 is 0 Å². The third kappa shape index (κ3) is 4.88. The molecule has 0 aliphatic rings. The summed E-state index contributed by atoms with van der Waals surface area (Å²) in [6.45, 7) is 0. The fourth-order valence-electron chi connectivity index (χ4n) is 0.0620. The van der Waals surface area contributed by atoms with Gasteiger partial charge in [-0.05, 0) is 5.22 Å². The third-order valence-electron chi connectivity index (χ3n) is 0.179. The molecule has 0 aliphatic carbocycles. The summed E-state index contributed by atoms with van der Waals surface area (Å²) in [5.74, 6) is 0. The Morgan fingerprint density at radius 2 is 2.25 bits per heavy atom. The topological polar surface area (TPSA) is 112 Å². The SMILES string of the molecule is N=N/N=N/OOO[OH2+]. The maximum absolute atomic E-state index is 5.98. The van der Waals surface area contributed by atoms with Crippen molar-refractivity contribution in [2.45, 2.75) is 0 Å². The lowest BCUT2D eigenvalue weighted by Gasteiger charge is -1.79. The van der Waals surface area contributed by atoms with Gasteiger partial charge >= 0.3 is 0 Å². The summed E-state index contributed by atoms with van der Waals surface area (Å²) in [6, 6.07) is 0. The van der Waals surface area contributed by atoms with E-state index in [1.54, 1.807) is 0 Å². The Bertz CT molecular complexity index is 78.1. The molecule has 8 heteroatoms. The molecule has 0 unspecified atom stereocenters. The van der Waals surface area contributed by atoms with Crippen LogP contribution in [0.15, 0.2) is 15.7 Å². The molecule has 0 aromatic rings. The fraction of sp³-hybridized carbons (Fsp3) is 0. The summed E-state index contributed by atoms with van der Waals surface area (Å²) in [5, 5.41) is 20.0. The molecule has 0 amide bonds. The summed E-state index contributed by atoms with van der Waals surface area (Å²) in [5.41, 5.74) is 5.98. The first-order chi connectivity index (χ1) is 3.91. The zero-order valence-corrected chi connectivity index (χ0v) is 3.57. The van der Waals surface area contributed by atoms with Gasteiger partial charge < -0.3 is 0 Å². The fourth-order valence-corrected chi connectivity index (χ4v) is 0.0620. The van der Waals surface area contributed by atoms with Crippen LogP contribution in [0.4, 0.5) is 0 Å². The van der Waals surface area contributed by atoms with Gasteiger partial charge in [-0.25, -0.2) is 5.26 Å². The highest BCUT2D eigenvalue weighted by atomic mass is 17.7. The van der Waals surface area contributed by atoms with E-state index in [1.807, 2.05) is 0 Å². The van der Waals surface area contributed by atoms with Crippen molar-refractivity contribution < 1.29 is 20.3 Å². The van der Waals surface area contributed by atoms with Crippen molar-refractivity contribution in [3.8, 4) is 0 Å². The normalized spacial score (nSPS) is 9.62. The Morgan fingerprint density at radius 3 is 2.75 bits per heavy atom. The maximum atomic E-state index is 5.98. The molecular formula is H3N4O4+. The van der Waals surface area contributed by atoms with Gasteiger partial charge in [0.2, 0.25) is 0 Å². The number of hydrogen-bond acceptors (Lipinski definition) is 5. The van der Waals surface area contributed by atoms with Gasteiger partial charge in [0.25, 0.3) is 0 Å². The molecule has 0 radical (unpaired) electrons. The number of hydrogen-bond donors (Lipinski definition) is 1. The average molecular weight is 123 g/mol. The highest BCUT2D eigenvalue weighted by molar-refractivity contribution is 3.82. The first-order valence-corrected chi connectivity index (χ1v) is 1.34. The molecule has 0 aromatic carbocycles. The standard InChI is InChI=1S/H2N4O4/c1-2-3-4-6-8-7-5/h1,5H/p+1/b2-1?,4-3+. The van der Waals surface area contributed by atoms with Crippen molar-refractivity contribution in [1.29, 1.82) is 5.53 Å². The second-order valence-corrected chi connectivity index (χ2v) is 0.497. The maximum Gasteiger partial charge on any atom is 0.113 e. The molecule has 0 saturated carbocycles. The second kappa shape index (κ2) is 5.88. The van der Waals surface area contributed by atoms with E-state index in [0.29, 0.717) is 0 Å². The highest BCUT2D eigenvalue weighted by Gasteiger charge is 1.79. The van der Waals surface area contributed by atoms with Crippen molar-refractivity contribution >= 4 is 0 Å². The van der Waals surface area contributed by atoms with Crippen LogP contribution in [0, 0.1) is 5.53 Å². The van der Waals surface area contributed by atoms with Crippen molar-refractivity contribution in [1.82, 2.24) is 0 Å². The molecule has 0 atom stereocenters. The van der Waals surface area contributed by atoms with Crippen LogP contribution in [0.1, 0.15) is 0 Å². The Balaban J connectivity index is 2.91. The van der Waals surface area contributed by atoms with Crippen LogP contribution in [0.2, 0.25) is 0 Å². The lowest BCUT2D eigenvalue weighted by atomic mass is 12.6. The Hall–Kier alpha value is -1.12. The van der Waals surface area contributed by atoms with Gasteiger partial charge in [-0.15, -0.1) is 0 Å². The van der Waals surface area contributed by atoms with Crippen LogP contribution in [-0.4, -0.2) is 5.26 Å². The van der Waals surface area contributed by atoms with Crippen LogP contribution < -0.4 is 0 Å². The number of rotatable bonds is 4. The third-order valence-corrected chi connectivity index (χ3v) is 0.179. The van der Waals surface area contributed by atoms with Gasteiger partial charge in [0.1, 0.15) is 5.04 Å². The molecule has 0 bridgehead atoms. The molecule has 0 rings (SSSR count). The summed E-state index contributed by atoms with van der Waals surface area (Å²) in [6.07, 6.45) is 0. The molecule has 8 nitrogen and oxygen atoms in total. The van der Waals surface area contributed by atoms with E-state index in [4.69, 9.17) is 10.8 Å². The van der Waals surface area contributed by atoms with Crippen LogP contribution in [-0.2, 0) is 15.1 Å². The average Bonchev–Trinajstić information content (AvgIpc) is 1.81. The van der Waals surface area contributed by atoms with Crippen molar-refractivity contribution in [2.24, 2.45) is 15.7 Å². The first-order valence-electron chi connectivity index (χ1n) is 1.34. The van der Waals surface area contributed by atoms with Crippen LogP contribution in [0.25, 0.3) is 0 Å². The molecule has 0 heterocycles. The van der Waals surface area contributed by atoms with Gasteiger partial charge in [-0.1, -0.05) is 0 Å². The molecule has 0 fully saturated rings. The Labute approximate surface area is 42.9 Å². The smallest absolute Gasteiger partial charge is 0.113 e. The monoisotopic (exact) mass is 123 g/mol. The molecule has 0 spiro atoms. The minimum atomic E-state index is 2.39. The van der Waals surface area contributed by atoms with E-state index in [-0.39, 0.29) is 0 Å². The van der Waals surface area contributed by atoms with E-state index in [1.165, 1.54) is 0 Å². The molecule has 0 saturated heterocycles. The second-order valence-electron chi connectivity index (χ2n) is 0.497. The van der Waals surface area contributed by atoms with Gasteiger partial charge in [0.15, 0.2) is 0 Å². The lowest BCUT2D eigenvalue weighted by molar-refractivity contribution is -0.626. The van der Waals surface area contributed by atoms with Gasteiger partial charge in [-0.3, -0.25) is 0 Å². The van der Waals surface area contributed by atoms with E-state index in [0.717, 1.165) is 0 Å². The van der Waals surface area contributed by atoms with E-state index in [9.17, 15) is 0 Å². The van der Waals surface area contributed by atoms with E-state index in [2.05, 4.69) is 30.8 Å². The number of nitrogens with zero attached hydrogens (tertiary/aromatic N) is 3. The van der Waals surface area contributed by atoms with Crippen LogP contribution in [0.3, 0.4) is 0 Å². The molecule has 8 heavy (non-hydrogen) atoms. The summed E-state index contributed by atoms with van der Waals surface area (Å²) in [4.78, 5) is 3.56. The quantitative estimate of drug-likeness (QED) is 0.184. The van der Waals surface area contributed by atoms with Crippen molar-refractivity contribution in [2.75, 3.05) is 0 Å². The summed E-state index contributed by atoms with van der Waals surface area (Å²) < 4.78 is 0. The van der Waals surface area contributed by atoms with Gasteiger partial charge in [0, 0.05) is 5.22 Å². The van der Waals surface area contributed by atoms with Crippen LogP contribution >= 0.6 is 0 Å². The zero-order chi connectivity index (χ0) is 6.24. The Morgan fingerprint density at radius 1 is 1.50 bits per heavy atom. The van der Waals surface area contributed by atoms with Gasteiger partial charge in [-0.2, -0.15) is 10.5 Å². The zero-order valence-electron chi connectivity index (χ0n) is 3.57. The molecule has 46 valence electrons. The molecular weight excluding hydrogens is 120 g/mol. The first kappa shape index (κ1) is 6.88. The lowest BCUT2D eigenvalue weighted by Crippen LogP contribution is -1.83. The summed E-state index contributed by atoms with van der Waals surface area (Å²) >= 11 is 0. The summed E-state index contributed by atoms with van der Waals surface area (Å²) in [7, 11) is 0. The molecule has 0 aliphatic heterocycles. The van der Waals surface area contributed by atoms with Crippen molar-refractivity contribution in [3.63, 3.8) is 0 Å². The number of nitrogens with one attached hydrogen (secondary N) is 1. The predicted molar refractivity (Wildman–Crippen MR) is 16.9 cm³/mol. The predicted octanol–water partition coefficient (Wildman–Crippen LogP) is -0.181. The Kier molecular flexibility index (Phi) is 5.06. The van der Waals surface area contributed by atoms with Gasteiger partial charge in [0.05, 0.1) is 10.3 Å². The molecule has 3 N–H and O–H groups in total. The van der Waals surface area contributed by atoms with Crippen molar-refractivity contribution in [3.05, 3.63) is 0 Å². The highest BCUT2D eigenvalue weighted by Crippen LogP contribution is 1.80. The molecule has 0 aromatic heterocycles. The minimum absolute atomic E-state index is 2.39. The van der Waals surface area contributed by atoms with Crippen LogP contribution in [0.5, 0.6) is 0 Å². The van der Waals surface area contributed by atoms with E-state index < -0.39 is 0 Å². The minimum Gasteiger partial charge on any atom is -0.227 e. The largest absolute Gasteiger partial charge is 0.227 e.